The van der Waals surface area contributed by atoms with Crippen LogP contribution in [0.25, 0.3) is 0 Å². The Bertz CT molecular complexity index is 707. The Morgan fingerprint density at radius 1 is 1.22 bits per heavy atom. The van der Waals surface area contributed by atoms with Crippen LogP contribution in [-0.4, -0.2) is 24.6 Å². The average molecular weight is 373 g/mol. The lowest BCUT2D eigenvalue weighted by molar-refractivity contribution is -0.113. The zero-order chi connectivity index (χ0) is 19.4. The van der Waals surface area contributed by atoms with Gasteiger partial charge in [0.15, 0.2) is 5.78 Å². The second kappa shape index (κ2) is 6.49. The molecule has 0 N–H and O–H groups in total. The van der Waals surface area contributed by atoms with Crippen LogP contribution in [0.4, 0.5) is 4.79 Å². The van der Waals surface area contributed by atoms with Crippen molar-refractivity contribution in [3.05, 3.63) is 23.8 Å². The zero-order valence-electron chi connectivity index (χ0n) is 16.9. The number of hydrogen-bond acceptors (Lipinski definition) is 4. The van der Waals surface area contributed by atoms with Gasteiger partial charge in [-0.05, 0) is 86.7 Å². The summed E-state index contributed by atoms with van der Waals surface area (Å²) in [5.74, 6) is 1.95. The second-order valence-corrected chi connectivity index (χ2v) is 9.56. The fourth-order valence-corrected chi connectivity index (χ4v) is 7.01. The van der Waals surface area contributed by atoms with E-state index < -0.39 is 6.16 Å². The number of rotatable bonds is 2. The number of carbonyl (C=O) groups excluding carboxylic acids is 2. The summed E-state index contributed by atoms with van der Waals surface area (Å²) < 4.78 is 10.8. The van der Waals surface area contributed by atoms with Crippen LogP contribution >= 0.6 is 0 Å². The molecule has 0 unspecified atom stereocenters. The van der Waals surface area contributed by atoms with Gasteiger partial charge in [-0.15, -0.1) is 0 Å². The predicted molar refractivity (Wildman–Crippen MR) is 103 cm³/mol. The van der Waals surface area contributed by atoms with Crippen LogP contribution in [0, 0.1) is 28.6 Å². The van der Waals surface area contributed by atoms with E-state index in [9.17, 15) is 9.59 Å². The summed E-state index contributed by atoms with van der Waals surface area (Å²) in [5, 5.41) is 0. The van der Waals surface area contributed by atoms with E-state index in [1.165, 1.54) is 5.57 Å². The largest absolute Gasteiger partial charge is 0.508 e. The first-order chi connectivity index (χ1) is 12.8. The first-order valence-electron chi connectivity index (χ1n) is 10.6. The van der Waals surface area contributed by atoms with Crippen LogP contribution < -0.4 is 0 Å². The molecule has 0 aromatic heterocycles. The van der Waals surface area contributed by atoms with Gasteiger partial charge in [0.1, 0.15) is 6.10 Å². The molecule has 0 spiro atoms. The van der Waals surface area contributed by atoms with Crippen molar-refractivity contribution in [3.63, 3.8) is 0 Å². The van der Waals surface area contributed by atoms with E-state index in [1.807, 2.05) is 13.0 Å². The average Bonchev–Trinajstić information content (AvgIpc) is 2.93. The van der Waals surface area contributed by atoms with Crippen LogP contribution in [0.3, 0.4) is 0 Å². The predicted octanol–water partition coefficient (Wildman–Crippen LogP) is 5.23. The van der Waals surface area contributed by atoms with Gasteiger partial charge in [0.25, 0.3) is 0 Å². The van der Waals surface area contributed by atoms with Gasteiger partial charge in [0.05, 0.1) is 6.61 Å². The van der Waals surface area contributed by atoms with Crippen molar-refractivity contribution < 1.29 is 19.1 Å². The molecule has 4 aliphatic rings. The number of allylic oxidation sites excluding steroid dienone is 2. The lowest BCUT2D eigenvalue weighted by atomic mass is 9.47. The van der Waals surface area contributed by atoms with Crippen molar-refractivity contribution in [2.24, 2.45) is 28.6 Å². The third kappa shape index (κ3) is 2.78. The van der Waals surface area contributed by atoms with Crippen molar-refractivity contribution in [1.82, 2.24) is 0 Å². The lowest BCUT2D eigenvalue weighted by Crippen LogP contribution is -2.51. The minimum absolute atomic E-state index is 0.0323. The van der Waals surface area contributed by atoms with Crippen molar-refractivity contribution >= 4 is 11.9 Å². The maximum Gasteiger partial charge on any atom is 0.508 e. The Morgan fingerprint density at radius 3 is 2.74 bits per heavy atom. The normalized spacial score (nSPS) is 43.3. The highest BCUT2D eigenvalue weighted by Gasteiger charge is 2.60. The summed E-state index contributed by atoms with van der Waals surface area (Å²) in [6, 6.07) is 0. The van der Waals surface area contributed by atoms with Crippen LogP contribution in [0.5, 0.6) is 0 Å². The molecule has 4 heteroatoms. The quantitative estimate of drug-likeness (QED) is 0.492. The maximum absolute atomic E-state index is 12.1. The summed E-state index contributed by atoms with van der Waals surface area (Å²) >= 11 is 0. The molecule has 6 atom stereocenters. The van der Waals surface area contributed by atoms with E-state index in [0.29, 0.717) is 24.4 Å². The Morgan fingerprint density at radius 2 is 2.00 bits per heavy atom. The third-order valence-corrected chi connectivity index (χ3v) is 8.38. The second-order valence-electron chi connectivity index (χ2n) is 9.56. The zero-order valence-corrected chi connectivity index (χ0v) is 16.9. The number of ketones is 1. The van der Waals surface area contributed by atoms with Crippen molar-refractivity contribution in [2.75, 3.05) is 6.61 Å². The van der Waals surface area contributed by atoms with Gasteiger partial charge in [-0.1, -0.05) is 26.0 Å². The molecule has 0 aromatic rings. The molecule has 0 radical (unpaired) electrons. The number of hydrogen-bond donors (Lipinski definition) is 0. The molecule has 0 amide bonds. The van der Waals surface area contributed by atoms with Gasteiger partial charge in [0.2, 0.25) is 0 Å². The van der Waals surface area contributed by atoms with Gasteiger partial charge in [-0.3, -0.25) is 4.79 Å². The van der Waals surface area contributed by atoms with Crippen LogP contribution in [0.2, 0.25) is 0 Å². The fourth-order valence-electron chi connectivity index (χ4n) is 7.01. The molecule has 0 aliphatic heterocycles. The summed E-state index contributed by atoms with van der Waals surface area (Å²) in [4.78, 5) is 24.1. The molecule has 0 heterocycles. The highest BCUT2D eigenvalue weighted by molar-refractivity contribution is 6.05. The fraction of sp³-hybridized carbons (Fsp3) is 0.739. The smallest absolute Gasteiger partial charge is 0.435 e. The Kier molecular flexibility index (Phi) is 4.51. The van der Waals surface area contributed by atoms with E-state index in [0.717, 1.165) is 50.5 Å². The Labute approximate surface area is 162 Å². The molecule has 4 rings (SSSR count). The third-order valence-electron chi connectivity index (χ3n) is 8.38. The molecule has 3 saturated carbocycles. The van der Waals surface area contributed by atoms with Gasteiger partial charge >= 0.3 is 6.16 Å². The monoisotopic (exact) mass is 372 g/mol. The Balaban J connectivity index is 1.58. The molecule has 148 valence electrons. The van der Waals surface area contributed by atoms with Gasteiger partial charge in [-0.25, -0.2) is 4.79 Å². The molecular weight excluding hydrogens is 340 g/mol. The van der Waals surface area contributed by atoms with Crippen LogP contribution in [0.1, 0.15) is 65.7 Å². The Hall–Kier alpha value is -1.58. The van der Waals surface area contributed by atoms with Gasteiger partial charge < -0.3 is 9.47 Å². The minimum atomic E-state index is -0.519. The minimum Gasteiger partial charge on any atom is -0.435 e. The van der Waals surface area contributed by atoms with Crippen molar-refractivity contribution in [1.29, 1.82) is 0 Å². The summed E-state index contributed by atoms with van der Waals surface area (Å²) in [7, 11) is 0. The van der Waals surface area contributed by atoms with Crippen LogP contribution in [-0.2, 0) is 14.3 Å². The van der Waals surface area contributed by atoms with E-state index in [-0.39, 0.29) is 22.7 Å². The number of carbonyl (C=O) groups is 2. The van der Waals surface area contributed by atoms with E-state index in [1.54, 1.807) is 0 Å². The van der Waals surface area contributed by atoms with Gasteiger partial charge in [0, 0.05) is 5.41 Å². The van der Waals surface area contributed by atoms with E-state index in [4.69, 9.17) is 9.47 Å². The topological polar surface area (TPSA) is 52.6 Å². The first-order valence-corrected chi connectivity index (χ1v) is 10.6. The molecular formula is C23H32O4. The van der Waals surface area contributed by atoms with Crippen molar-refractivity contribution in [2.45, 2.75) is 71.8 Å². The molecule has 0 saturated heterocycles. The highest BCUT2D eigenvalue weighted by Crippen LogP contribution is 2.65. The molecule has 4 nitrogen and oxygen atoms in total. The lowest BCUT2D eigenvalue weighted by Gasteiger charge is -2.57. The molecule has 4 aliphatic carbocycles. The first kappa shape index (κ1) is 18.8. The SMILES string of the molecule is C=C1C[C@]2(C)C(=CC1=O)CC[C@H]1[C@H]2CC[C@]2(C)[C@H](OC(=O)OCC)CC[C@@H]12. The standard InChI is InChI=1S/C23H32O4/c1-5-26-21(25)27-20-9-8-17-16-7-6-15-12-19(24)14(2)13-23(15,4)18(16)10-11-22(17,20)3/h12,16-18,20H,2,5-11,13H2,1,3-4H3/t16-,17+,18-,20-,22+,23-/m1/s1. The summed E-state index contributed by atoms with van der Waals surface area (Å²) in [6.45, 7) is 10.9. The van der Waals surface area contributed by atoms with Gasteiger partial charge in [-0.2, -0.15) is 0 Å². The van der Waals surface area contributed by atoms with Crippen LogP contribution in [0.15, 0.2) is 23.8 Å². The maximum atomic E-state index is 12.1. The molecule has 27 heavy (non-hydrogen) atoms. The molecule has 0 bridgehead atoms. The molecule has 0 aromatic carbocycles. The number of ether oxygens (including phenoxy) is 2. The van der Waals surface area contributed by atoms with E-state index >= 15 is 0 Å². The summed E-state index contributed by atoms with van der Waals surface area (Å²) in [6.07, 6.45) is 8.59. The number of fused-ring (bicyclic) bond motifs is 5. The van der Waals surface area contributed by atoms with Crippen molar-refractivity contribution in [3.8, 4) is 0 Å². The highest BCUT2D eigenvalue weighted by atomic mass is 16.7. The van der Waals surface area contributed by atoms with E-state index in [2.05, 4.69) is 20.4 Å². The summed E-state index contributed by atoms with van der Waals surface area (Å²) in [5.41, 5.74) is 2.25. The molecule has 3 fully saturated rings.